The van der Waals surface area contributed by atoms with Crippen molar-refractivity contribution in [1.82, 2.24) is 10.7 Å². The van der Waals surface area contributed by atoms with Crippen LogP contribution < -0.4 is 20.2 Å². The second-order valence-corrected chi connectivity index (χ2v) is 6.81. The number of rotatable bonds is 8. The molecule has 7 heteroatoms. The highest BCUT2D eigenvalue weighted by atomic mass is 32.1. The Bertz CT molecular complexity index is 793. The van der Waals surface area contributed by atoms with E-state index in [0.717, 1.165) is 30.6 Å². The molecule has 1 saturated heterocycles. The minimum absolute atomic E-state index is 0.233. The van der Waals surface area contributed by atoms with Crippen LogP contribution in [0, 0.1) is 0 Å². The third-order valence-electron chi connectivity index (χ3n) is 4.32. The first-order valence-electron chi connectivity index (χ1n) is 9.28. The molecule has 1 heterocycles. The Labute approximate surface area is 170 Å². The molecule has 2 N–H and O–H groups in total. The molecular weight excluding hydrogens is 374 g/mol. The van der Waals surface area contributed by atoms with Gasteiger partial charge in [0.2, 0.25) is 0 Å². The zero-order valence-corrected chi connectivity index (χ0v) is 16.7. The van der Waals surface area contributed by atoms with E-state index < -0.39 is 0 Å². The summed E-state index contributed by atoms with van der Waals surface area (Å²) in [4.78, 5) is 0. The van der Waals surface area contributed by atoms with Crippen molar-refractivity contribution in [3.63, 3.8) is 0 Å². The van der Waals surface area contributed by atoms with Gasteiger partial charge in [-0.25, -0.2) is 0 Å². The summed E-state index contributed by atoms with van der Waals surface area (Å²) in [7, 11) is 1.62. The van der Waals surface area contributed by atoms with Gasteiger partial charge >= 0.3 is 0 Å². The Kier molecular flexibility index (Phi) is 7.63. The standard InChI is InChI=1S/C21H25N3O3S/c1-25-20-12-17(9-10-19(20)27-15-16-6-3-2-4-7-16)13-23-24-21(28)22-14-18-8-5-11-26-18/h2-4,6-7,9-10,12-13,18H,5,8,11,14-15H2,1H3,(H2,22,24,28)/b23-13+. The lowest BCUT2D eigenvalue weighted by Crippen LogP contribution is -2.37. The van der Waals surface area contributed by atoms with Gasteiger partial charge in [-0.3, -0.25) is 5.43 Å². The molecule has 0 radical (unpaired) electrons. The lowest BCUT2D eigenvalue weighted by Gasteiger charge is -2.12. The van der Waals surface area contributed by atoms with Crippen LogP contribution in [0.5, 0.6) is 11.5 Å². The molecule has 0 aromatic heterocycles. The monoisotopic (exact) mass is 399 g/mol. The third kappa shape index (κ3) is 6.21. The summed E-state index contributed by atoms with van der Waals surface area (Å²) in [5, 5.41) is 7.75. The summed E-state index contributed by atoms with van der Waals surface area (Å²) in [5.41, 5.74) is 4.79. The van der Waals surface area contributed by atoms with Crippen LogP contribution in [0.3, 0.4) is 0 Å². The molecule has 148 valence electrons. The minimum Gasteiger partial charge on any atom is -0.493 e. The van der Waals surface area contributed by atoms with E-state index in [9.17, 15) is 0 Å². The number of ether oxygens (including phenoxy) is 3. The van der Waals surface area contributed by atoms with Crippen molar-refractivity contribution in [1.29, 1.82) is 0 Å². The first-order valence-corrected chi connectivity index (χ1v) is 9.68. The molecular formula is C21H25N3O3S. The van der Waals surface area contributed by atoms with Gasteiger partial charge in [0.05, 0.1) is 19.4 Å². The van der Waals surface area contributed by atoms with Crippen LogP contribution in [0.2, 0.25) is 0 Å². The van der Waals surface area contributed by atoms with Gasteiger partial charge in [0.1, 0.15) is 6.61 Å². The predicted molar refractivity (Wildman–Crippen MR) is 114 cm³/mol. The van der Waals surface area contributed by atoms with Crippen molar-refractivity contribution in [2.75, 3.05) is 20.3 Å². The molecule has 1 aliphatic rings. The summed E-state index contributed by atoms with van der Waals surface area (Å²) in [6, 6.07) is 15.7. The Morgan fingerprint density at radius 3 is 2.86 bits per heavy atom. The average molecular weight is 400 g/mol. The Hall–Kier alpha value is -2.64. The normalized spacial score (nSPS) is 16.1. The number of benzene rings is 2. The molecule has 1 aliphatic heterocycles. The maximum Gasteiger partial charge on any atom is 0.187 e. The van der Waals surface area contributed by atoms with E-state index in [-0.39, 0.29) is 6.10 Å². The van der Waals surface area contributed by atoms with Gasteiger partial charge in [-0.1, -0.05) is 30.3 Å². The number of hydrazone groups is 1. The molecule has 28 heavy (non-hydrogen) atoms. The quantitative estimate of drug-likeness (QED) is 0.404. The fraction of sp³-hybridized carbons (Fsp3) is 0.333. The SMILES string of the molecule is COc1cc(/C=N/NC(=S)NCC2CCCO2)ccc1OCc1ccccc1. The minimum atomic E-state index is 0.233. The molecule has 1 atom stereocenters. The van der Waals surface area contributed by atoms with Gasteiger partial charge in [0, 0.05) is 13.2 Å². The highest BCUT2D eigenvalue weighted by Gasteiger charge is 2.15. The van der Waals surface area contributed by atoms with Crippen LogP contribution in [0.15, 0.2) is 53.6 Å². The molecule has 2 aromatic rings. The van der Waals surface area contributed by atoms with E-state index in [4.69, 9.17) is 26.4 Å². The van der Waals surface area contributed by atoms with E-state index in [0.29, 0.717) is 29.8 Å². The Morgan fingerprint density at radius 1 is 1.25 bits per heavy atom. The second kappa shape index (κ2) is 10.6. The fourth-order valence-electron chi connectivity index (χ4n) is 2.84. The summed E-state index contributed by atoms with van der Waals surface area (Å²) >= 11 is 5.22. The number of methoxy groups -OCH3 is 1. The van der Waals surface area contributed by atoms with Crippen molar-refractivity contribution in [3.05, 3.63) is 59.7 Å². The topological polar surface area (TPSA) is 64.1 Å². The third-order valence-corrected chi connectivity index (χ3v) is 4.55. The molecule has 0 saturated carbocycles. The Balaban J connectivity index is 1.49. The van der Waals surface area contributed by atoms with Crippen molar-refractivity contribution in [3.8, 4) is 11.5 Å². The molecule has 1 unspecified atom stereocenters. The van der Waals surface area contributed by atoms with E-state index in [1.165, 1.54) is 0 Å². The Morgan fingerprint density at radius 2 is 2.11 bits per heavy atom. The fourth-order valence-corrected chi connectivity index (χ4v) is 2.97. The molecule has 0 spiro atoms. The van der Waals surface area contributed by atoms with Crippen molar-refractivity contribution >= 4 is 23.5 Å². The molecule has 3 rings (SSSR count). The predicted octanol–water partition coefficient (Wildman–Crippen LogP) is 3.25. The van der Waals surface area contributed by atoms with Crippen molar-refractivity contribution in [2.45, 2.75) is 25.6 Å². The van der Waals surface area contributed by atoms with Crippen LogP contribution in [-0.2, 0) is 11.3 Å². The molecule has 0 bridgehead atoms. The zero-order chi connectivity index (χ0) is 19.6. The number of thiocarbonyl (C=S) groups is 1. The lowest BCUT2D eigenvalue weighted by atomic mass is 10.2. The van der Waals surface area contributed by atoms with Gasteiger partial charge in [-0.15, -0.1) is 0 Å². The van der Waals surface area contributed by atoms with Crippen LogP contribution in [0.1, 0.15) is 24.0 Å². The van der Waals surface area contributed by atoms with E-state index in [1.54, 1.807) is 13.3 Å². The molecule has 2 aromatic carbocycles. The number of nitrogens with one attached hydrogen (secondary N) is 2. The van der Waals surface area contributed by atoms with E-state index >= 15 is 0 Å². The van der Waals surface area contributed by atoms with E-state index in [2.05, 4.69) is 15.8 Å². The van der Waals surface area contributed by atoms with Crippen LogP contribution >= 0.6 is 12.2 Å². The summed E-state index contributed by atoms with van der Waals surface area (Å²) in [6.07, 6.45) is 4.09. The summed E-state index contributed by atoms with van der Waals surface area (Å²) < 4.78 is 16.9. The molecule has 0 amide bonds. The van der Waals surface area contributed by atoms with Crippen LogP contribution in [-0.4, -0.2) is 37.7 Å². The van der Waals surface area contributed by atoms with Gasteiger partial charge in [-0.05, 0) is 54.4 Å². The highest BCUT2D eigenvalue weighted by Crippen LogP contribution is 2.28. The summed E-state index contributed by atoms with van der Waals surface area (Å²) in [5.74, 6) is 1.34. The van der Waals surface area contributed by atoms with Crippen molar-refractivity contribution < 1.29 is 14.2 Å². The van der Waals surface area contributed by atoms with Gasteiger partial charge in [-0.2, -0.15) is 5.10 Å². The molecule has 6 nitrogen and oxygen atoms in total. The van der Waals surface area contributed by atoms with Crippen molar-refractivity contribution in [2.24, 2.45) is 5.10 Å². The summed E-state index contributed by atoms with van der Waals surface area (Å²) in [6.45, 7) is 2.01. The number of nitrogens with zero attached hydrogens (tertiary/aromatic N) is 1. The number of hydrogen-bond donors (Lipinski definition) is 2. The first kappa shape index (κ1) is 20.1. The zero-order valence-electron chi connectivity index (χ0n) is 15.9. The number of hydrogen-bond acceptors (Lipinski definition) is 5. The smallest absolute Gasteiger partial charge is 0.187 e. The average Bonchev–Trinajstić information content (AvgIpc) is 3.25. The first-order chi connectivity index (χ1) is 13.7. The largest absolute Gasteiger partial charge is 0.493 e. The maximum absolute atomic E-state index is 5.86. The van der Waals surface area contributed by atoms with Crippen LogP contribution in [0.4, 0.5) is 0 Å². The highest BCUT2D eigenvalue weighted by molar-refractivity contribution is 7.80. The van der Waals surface area contributed by atoms with Gasteiger partial charge in [0.25, 0.3) is 0 Å². The van der Waals surface area contributed by atoms with Gasteiger partial charge < -0.3 is 19.5 Å². The van der Waals surface area contributed by atoms with E-state index in [1.807, 2.05) is 48.5 Å². The van der Waals surface area contributed by atoms with Gasteiger partial charge in [0.15, 0.2) is 16.6 Å². The lowest BCUT2D eigenvalue weighted by molar-refractivity contribution is 0.114. The molecule has 0 aliphatic carbocycles. The second-order valence-electron chi connectivity index (χ2n) is 6.40. The molecule has 1 fully saturated rings. The maximum atomic E-state index is 5.86. The van der Waals surface area contributed by atoms with Crippen LogP contribution in [0.25, 0.3) is 0 Å².